The lowest BCUT2D eigenvalue weighted by Gasteiger charge is -2.22. The molecule has 20 heavy (non-hydrogen) atoms. The van der Waals surface area contributed by atoms with E-state index in [9.17, 15) is 0 Å². The van der Waals surface area contributed by atoms with Crippen molar-refractivity contribution in [2.24, 2.45) is 0 Å². The number of ether oxygens (including phenoxy) is 3. The molecule has 0 bridgehead atoms. The number of hydrogen-bond acceptors (Lipinski definition) is 3. The highest BCUT2D eigenvalue weighted by molar-refractivity contribution is 5.65. The first-order valence-corrected chi connectivity index (χ1v) is 7.14. The molecule has 0 aliphatic heterocycles. The third-order valence-electron chi connectivity index (χ3n) is 2.40. The van der Waals surface area contributed by atoms with Gasteiger partial charge in [-0.2, -0.15) is 0 Å². The first-order valence-electron chi connectivity index (χ1n) is 7.14. The standard InChI is InChI=1S/C17H26O3/c1-8-14-9-10-15(18-11(2)3)17(20-13(6)7)16(14)19-12(4)5/h8-13H,1H2,2-7H3. The summed E-state index contributed by atoms with van der Waals surface area (Å²) in [5.41, 5.74) is 0.908. The molecule has 1 rings (SSSR count). The molecule has 0 saturated heterocycles. The summed E-state index contributed by atoms with van der Waals surface area (Å²) >= 11 is 0. The van der Waals surface area contributed by atoms with E-state index in [0.717, 1.165) is 5.56 Å². The quantitative estimate of drug-likeness (QED) is 0.724. The Kier molecular flexibility index (Phi) is 5.93. The minimum absolute atomic E-state index is 0.0408. The van der Waals surface area contributed by atoms with Gasteiger partial charge in [-0.25, -0.2) is 0 Å². The number of hydrogen-bond donors (Lipinski definition) is 0. The Morgan fingerprint density at radius 1 is 0.800 bits per heavy atom. The van der Waals surface area contributed by atoms with E-state index >= 15 is 0 Å². The molecule has 1 aromatic carbocycles. The third-order valence-corrected chi connectivity index (χ3v) is 2.40. The molecule has 0 fully saturated rings. The monoisotopic (exact) mass is 278 g/mol. The molecule has 0 amide bonds. The van der Waals surface area contributed by atoms with Crippen LogP contribution in [0.3, 0.4) is 0 Å². The summed E-state index contributed by atoms with van der Waals surface area (Å²) in [6, 6.07) is 3.84. The van der Waals surface area contributed by atoms with Crippen LogP contribution in [0, 0.1) is 0 Å². The van der Waals surface area contributed by atoms with Gasteiger partial charge >= 0.3 is 0 Å². The number of benzene rings is 1. The summed E-state index contributed by atoms with van der Waals surface area (Å²) in [5.74, 6) is 2.05. The largest absolute Gasteiger partial charge is 0.487 e. The maximum Gasteiger partial charge on any atom is 0.204 e. The van der Waals surface area contributed by atoms with E-state index in [0.29, 0.717) is 17.2 Å². The van der Waals surface area contributed by atoms with Crippen molar-refractivity contribution in [3.63, 3.8) is 0 Å². The van der Waals surface area contributed by atoms with Gasteiger partial charge in [-0.05, 0) is 53.7 Å². The fraction of sp³-hybridized carbons (Fsp3) is 0.529. The molecule has 0 atom stereocenters. The highest BCUT2D eigenvalue weighted by atomic mass is 16.6. The zero-order valence-electron chi connectivity index (χ0n) is 13.4. The van der Waals surface area contributed by atoms with E-state index < -0.39 is 0 Å². The molecule has 0 aromatic heterocycles. The second-order valence-electron chi connectivity index (χ2n) is 5.52. The maximum atomic E-state index is 5.92. The van der Waals surface area contributed by atoms with Gasteiger partial charge in [0.1, 0.15) is 0 Å². The second-order valence-corrected chi connectivity index (χ2v) is 5.52. The maximum absolute atomic E-state index is 5.92. The van der Waals surface area contributed by atoms with Crippen LogP contribution >= 0.6 is 0 Å². The van der Waals surface area contributed by atoms with Crippen LogP contribution in [0.2, 0.25) is 0 Å². The third kappa shape index (κ3) is 4.48. The van der Waals surface area contributed by atoms with E-state index in [1.807, 2.05) is 53.7 Å². The normalized spacial score (nSPS) is 11.1. The van der Waals surface area contributed by atoms with Gasteiger partial charge in [0.2, 0.25) is 5.75 Å². The van der Waals surface area contributed by atoms with Crippen molar-refractivity contribution < 1.29 is 14.2 Å². The van der Waals surface area contributed by atoms with Crippen molar-refractivity contribution in [3.05, 3.63) is 24.3 Å². The zero-order chi connectivity index (χ0) is 15.3. The molecular formula is C17H26O3. The van der Waals surface area contributed by atoms with Gasteiger partial charge in [0.15, 0.2) is 11.5 Å². The van der Waals surface area contributed by atoms with Gasteiger partial charge in [0.05, 0.1) is 18.3 Å². The van der Waals surface area contributed by atoms with Gasteiger partial charge in [-0.3, -0.25) is 0 Å². The molecule has 3 heteroatoms. The average molecular weight is 278 g/mol. The molecule has 1 aromatic rings. The topological polar surface area (TPSA) is 27.7 Å². The van der Waals surface area contributed by atoms with Crippen LogP contribution in [-0.2, 0) is 0 Å². The Labute approximate surface area is 122 Å². The molecule has 0 unspecified atom stereocenters. The Morgan fingerprint density at radius 3 is 1.75 bits per heavy atom. The summed E-state index contributed by atoms with van der Waals surface area (Å²) < 4.78 is 17.7. The van der Waals surface area contributed by atoms with Crippen molar-refractivity contribution in [1.29, 1.82) is 0 Å². The Hall–Kier alpha value is -1.64. The summed E-state index contributed by atoms with van der Waals surface area (Å²) in [5, 5.41) is 0. The molecule has 0 heterocycles. The van der Waals surface area contributed by atoms with Gasteiger partial charge < -0.3 is 14.2 Å². The molecule has 0 saturated carbocycles. The smallest absolute Gasteiger partial charge is 0.204 e. The average Bonchev–Trinajstić information content (AvgIpc) is 2.31. The van der Waals surface area contributed by atoms with E-state index in [2.05, 4.69) is 6.58 Å². The molecule has 0 radical (unpaired) electrons. The lowest BCUT2D eigenvalue weighted by molar-refractivity contribution is 0.176. The Morgan fingerprint density at radius 2 is 1.30 bits per heavy atom. The fourth-order valence-electron chi connectivity index (χ4n) is 1.77. The molecule has 0 aliphatic rings. The van der Waals surface area contributed by atoms with Gasteiger partial charge in [0, 0.05) is 5.56 Å². The summed E-state index contributed by atoms with van der Waals surface area (Å²) in [4.78, 5) is 0. The lowest BCUT2D eigenvalue weighted by atomic mass is 10.1. The Balaban J connectivity index is 3.34. The van der Waals surface area contributed by atoms with Gasteiger partial charge in [0.25, 0.3) is 0 Å². The minimum atomic E-state index is 0.0408. The van der Waals surface area contributed by atoms with Crippen molar-refractivity contribution in [3.8, 4) is 17.2 Å². The summed E-state index contributed by atoms with van der Waals surface area (Å²) in [7, 11) is 0. The van der Waals surface area contributed by atoms with E-state index in [1.54, 1.807) is 6.08 Å². The predicted octanol–water partition coefficient (Wildman–Crippen LogP) is 4.69. The molecule has 112 valence electrons. The highest BCUT2D eigenvalue weighted by Crippen LogP contribution is 2.42. The molecule has 0 spiro atoms. The van der Waals surface area contributed by atoms with Gasteiger partial charge in [-0.1, -0.05) is 12.7 Å². The van der Waals surface area contributed by atoms with E-state index in [4.69, 9.17) is 14.2 Å². The van der Waals surface area contributed by atoms with Crippen molar-refractivity contribution in [2.75, 3.05) is 0 Å². The van der Waals surface area contributed by atoms with Crippen LogP contribution in [0.5, 0.6) is 17.2 Å². The second kappa shape index (κ2) is 7.22. The Bertz CT molecular complexity index is 448. The van der Waals surface area contributed by atoms with Crippen LogP contribution in [0.1, 0.15) is 47.1 Å². The van der Waals surface area contributed by atoms with E-state index in [-0.39, 0.29) is 18.3 Å². The van der Waals surface area contributed by atoms with Gasteiger partial charge in [-0.15, -0.1) is 0 Å². The lowest BCUT2D eigenvalue weighted by Crippen LogP contribution is -2.14. The van der Waals surface area contributed by atoms with Crippen LogP contribution in [0.25, 0.3) is 6.08 Å². The fourth-order valence-corrected chi connectivity index (χ4v) is 1.77. The summed E-state index contributed by atoms with van der Waals surface area (Å²) in [6.07, 6.45) is 1.94. The molecular weight excluding hydrogens is 252 g/mol. The van der Waals surface area contributed by atoms with Crippen LogP contribution in [0.15, 0.2) is 18.7 Å². The van der Waals surface area contributed by atoms with Crippen molar-refractivity contribution >= 4 is 6.08 Å². The SMILES string of the molecule is C=Cc1ccc(OC(C)C)c(OC(C)C)c1OC(C)C. The molecule has 0 N–H and O–H groups in total. The first-order chi connectivity index (χ1) is 9.35. The van der Waals surface area contributed by atoms with Crippen LogP contribution in [0.4, 0.5) is 0 Å². The summed E-state index contributed by atoms with van der Waals surface area (Å²) in [6.45, 7) is 15.8. The van der Waals surface area contributed by atoms with Crippen molar-refractivity contribution in [1.82, 2.24) is 0 Å². The molecule has 0 aliphatic carbocycles. The van der Waals surface area contributed by atoms with Crippen molar-refractivity contribution in [2.45, 2.75) is 59.9 Å². The minimum Gasteiger partial charge on any atom is -0.487 e. The highest BCUT2D eigenvalue weighted by Gasteiger charge is 2.19. The van der Waals surface area contributed by atoms with Crippen LogP contribution in [-0.4, -0.2) is 18.3 Å². The first kappa shape index (κ1) is 16.4. The van der Waals surface area contributed by atoms with Crippen LogP contribution < -0.4 is 14.2 Å². The predicted molar refractivity (Wildman–Crippen MR) is 83.8 cm³/mol. The molecule has 3 nitrogen and oxygen atoms in total. The number of rotatable bonds is 7. The zero-order valence-corrected chi connectivity index (χ0v) is 13.4. The van der Waals surface area contributed by atoms with E-state index in [1.165, 1.54) is 0 Å².